The Kier molecular flexibility index (Phi) is 4.94. The predicted octanol–water partition coefficient (Wildman–Crippen LogP) is 1.21. The van der Waals surface area contributed by atoms with Gasteiger partial charge in [0.15, 0.2) is 0 Å². The van der Waals surface area contributed by atoms with Crippen LogP contribution >= 0.6 is 0 Å². The van der Waals surface area contributed by atoms with Gasteiger partial charge < -0.3 is 5.11 Å². The highest BCUT2D eigenvalue weighted by molar-refractivity contribution is 7.89. The molecule has 1 aliphatic carbocycles. The molecule has 0 aromatic carbocycles. The predicted molar refractivity (Wildman–Crippen MR) is 65.1 cm³/mol. The van der Waals surface area contributed by atoms with Crippen LogP contribution in [0.1, 0.15) is 39.5 Å². The van der Waals surface area contributed by atoms with Gasteiger partial charge in [-0.15, -0.1) is 0 Å². The molecule has 0 saturated heterocycles. The summed E-state index contributed by atoms with van der Waals surface area (Å²) in [7, 11) is -3.25. The molecule has 1 fully saturated rings. The van der Waals surface area contributed by atoms with E-state index in [-0.39, 0.29) is 11.8 Å². The third-order valence-electron chi connectivity index (χ3n) is 3.09. The fourth-order valence-electron chi connectivity index (χ4n) is 2.02. The van der Waals surface area contributed by atoms with Crippen LogP contribution in [0.15, 0.2) is 0 Å². The minimum Gasteiger partial charge on any atom is -0.481 e. The summed E-state index contributed by atoms with van der Waals surface area (Å²) in [6.07, 6.45) is 2.23. The molecule has 0 amide bonds. The van der Waals surface area contributed by atoms with Gasteiger partial charge >= 0.3 is 5.97 Å². The van der Waals surface area contributed by atoms with E-state index in [1.165, 1.54) is 0 Å². The average Bonchev–Trinajstić information content (AvgIpc) is 2.63. The lowest BCUT2D eigenvalue weighted by molar-refractivity contribution is -0.141. The molecule has 2 N–H and O–H groups in total. The topological polar surface area (TPSA) is 83.5 Å². The van der Waals surface area contributed by atoms with E-state index in [9.17, 15) is 13.2 Å². The highest BCUT2D eigenvalue weighted by Gasteiger charge is 2.31. The van der Waals surface area contributed by atoms with Crippen LogP contribution in [0.25, 0.3) is 0 Å². The Balaban J connectivity index is 2.42. The molecule has 6 heteroatoms. The number of aliphatic carboxylic acids is 1. The molecule has 0 radical (unpaired) electrons. The second-order valence-electron chi connectivity index (χ2n) is 5.16. The lowest BCUT2D eigenvalue weighted by Gasteiger charge is -2.13. The molecule has 5 nitrogen and oxygen atoms in total. The summed E-state index contributed by atoms with van der Waals surface area (Å²) >= 11 is 0. The quantitative estimate of drug-likeness (QED) is 0.754. The Morgan fingerprint density at radius 2 is 2.06 bits per heavy atom. The number of carbonyl (C=O) groups is 1. The first-order valence-electron chi connectivity index (χ1n) is 6.03. The minimum atomic E-state index is -3.25. The normalized spacial score (nSPS) is 25.4. The van der Waals surface area contributed by atoms with Crippen molar-refractivity contribution in [2.45, 2.75) is 45.6 Å². The van der Waals surface area contributed by atoms with Crippen molar-refractivity contribution in [2.75, 3.05) is 5.75 Å². The van der Waals surface area contributed by atoms with Crippen molar-refractivity contribution in [3.63, 3.8) is 0 Å². The summed E-state index contributed by atoms with van der Waals surface area (Å²) in [6.45, 7) is 3.96. The van der Waals surface area contributed by atoms with Crippen molar-refractivity contribution < 1.29 is 18.3 Å². The molecule has 2 atom stereocenters. The van der Waals surface area contributed by atoms with Crippen molar-refractivity contribution in [3.05, 3.63) is 0 Å². The molecular formula is C11H21NO4S. The number of nitrogens with one attached hydrogen (secondary N) is 1. The van der Waals surface area contributed by atoms with Gasteiger partial charge in [-0.25, -0.2) is 13.1 Å². The average molecular weight is 263 g/mol. The molecule has 0 bridgehead atoms. The van der Waals surface area contributed by atoms with Crippen molar-refractivity contribution in [1.29, 1.82) is 0 Å². The van der Waals surface area contributed by atoms with E-state index in [0.717, 1.165) is 0 Å². The van der Waals surface area contributed by atoms with E-state index in [4.69, 9.17) is 5.11 Å². The molecule has 0 spiro atoms. The van der Waals surface area contributed by atoms with Gasteiger partial charge in [0.25, 0.3) is 0 Å². The fourth-order valence-corrected chi connectivity index (χ4v) is 3.64. The Bertz CT molecular complexity index is 364. The van der Waals surface area contributed by atoms with Crippen LogP contribution in [0, 0.1) is 11.8 Å². The maximum Gasteiger partial charge on any atom is 0.306 e. The van der Waals surface area contributed by atoms with E-state index >= 15 is 0 Å². The Hall–Kier alpha value is -0.620. The highest BCUT2D eigenvalue weighted by atomic mass is 32.2. The van der Waals surface area contributed by atoms with E-state index in [1.54, 1.807) is 0 Å². The van der Waals surface area contributed by atoms with Gasteiger partial charge in [0.1, 0.15) is 0 Å². The molecule has 17 heavy (non-hydrogen) atoms. The van der Waals surface area contributed by atoms with E-state index < -0.39 is 21.9 Å². The van der Waals surface area contributed by atoms with Gasteiger partial charge in [-0.05, 0) is 31.6 Å². The van der Waals surface area contributed by atoms with Crippen molar-refractivity contribution in [1.82, 2.24) is 4.72 Å². The summed E-state index contributed by atoms with van der Waals surface area (Å²) in [6, 6.07) is -0.201. The lowest BCUT2D eigenvalue weighted by Crippen LogP contribution is -2.35. The molecule has 0 unspecified atom stereocenters. The Morgan fingerprint density at radius 1 is 1.41 bits per heavy atom. The monoisotopic (exact) mass is 263 g/mol. The molecule has 1 saturated carbocycles. The van der Waals surface area contributed by atoms with Crippen LogP contribution < -0.4 is 4.72 Å². The van der Waals surface area contributed by atoms with Crippen LogP contribution in [0.5, 0.6) is 0 Å². The van der Waals surface area contributed by atoms with Gasteiger partial charge in [0.05, 0.1) is 11.7 Å². The van der Waals surface area contributed by atoms with Crippen LogP contribution in [0.2, 0.25) is 0 Å². The van der Waals surface area contributed by atoms with Crippen molar-refractivity contribution in [3.8, 4) is 0 Å². The van der Waals surface area contributed by atoms with Gasteiger partial charge in [-0.2, -0.15) is 0 Å². The summed E-state index contributed by atoms with van der Waals surface area (Å²) in [5, 5.41) is 8.83. The summed E-state index contributed by atoms with van der Waals surface area (Å²) < 4.78 is 26.0. The second kappa shape index (κ2) is 5.82. The number of hydrogen-bond acceptors (Lipinski definition) is 3. The SMILES string of the molecule is CC(C)CCS(=O)(=O)N[C@H]1CC[C@@H](C(=O)O)C1. The van der Waals surface area contributed by atoms with Crippen molar-refractivity contribution in [2.24, 2.45) is 11.8 Å². The molecule has 1 aliphatic rings. The minimum absolute atomic E-state index is 0.124. The number of rotatable bonds is 6. The Morgan fingerprint density at radius 3 is 2.53 bits per heavy atom. The zero-order chi connectivity index (χ0) is 13.1. The number of carboxylic acids is 1. The van der Waals surface area contributed by atoms with Crippen LogP contribution in [-0.4, -0.2) is 31.3 Å². The highest BCUT2D eigenvalue weighted by Crippen LogP contribution is 2.26. The molecule has 100 valence electrons. The molecular weight excluding hydrogens is 242 g/mol. The maximum absolute atomic E-state index is 11.7. The summed E-state index contributed by atoms with van der Waals surface area (Å²) in [5.74, 6) is -0.748. The first-order valence-corrected chi connectivity index (χ1v) is 7.68. The third-order valence-corrected chi connectivity index (χ3v) is 4.56. The van der Waals surface area contributed by atoms with Gasteiger partial charge in [-0.1, -0.05) is 13.8 Å². The van der Waals surface area contributed by atoms with Gasteiger partial charge in [-0.3, -0.25) is 4.79 Å². The summed E-state index contributed by atoms with van der Waals surface area (Å²) in [5.41, 5.74) is 0. The second-order valence-corrected chi connectivity index (χ2v) is 7.04. The van der Waals surface area contributed by atoms with E-state index in [1.807, 2.05) is 13.8 Å². The maximum atomic E-state index is 11.7. The molecule has 0 aliphatic heterocycles. The molecule has 0 heterocycles. The first-order chi connectivity index (χ1) is 7.80. The number of hydrogen-bond donors (Lipinski definition) is 2. The largest absolute Gasteiger partial charge is 0.481 e. The smallest absolute Gasteiger partial charge is 0.306 e. The standard InChI is InChI=1S/C11H21NO4S/c1-8(2)5-6-17(15,16)12-10-4-3-9(7-10)11(13)14/h8-10,12H,3-7H2,1-2H3,(H,13,14)/t9-,10+/m1/s1. The Labute approximate surface area is 103 Å². The van der Waals surface area contributed by atoms with Gasteiger partial charge in [0, 0.05) is 6.04 Å². The van der Waals surface area contributed by atoms with Crippen LogP contribution in [-0.2, 0) is 14.8 Å². The molecule has 0 aromatic rings. The fraction of sp³-hybridized carbons (Fsp3) is 0.909. The molecule has 1 rings (SSSR count). The van der Waals surface area contributed by atoms with E-state index in [0.29, 0.717) is 31.6 Å². The summed E-state index contributed by atoms with van der Waals surface area (Å²) in [4.78, 5) is 10.8. The van der Waals surface area contributed by atoms with Gasteiger partial charge in [0.2, 0.25) is 10.0 Å². The lowest BCUT2D eigenvalue weighted by atomic mass is 10.1. The number of carboxylic acid groups (broad SMARTS) is 1. The third kappa shape index (κ3) is 5.04. The molecule has 0 aromatic heterocycles. The van der Waals surface area contributed by atoms with Crippen LogP contribution in [0.3, 0.4) is 0 Å². The number of sulfonamides is 1. The van der Waals surface area contributed by atoms with Crippen LogP contribution in [0.4, 0.5) is 0 Å². The first kappa shape index (κ1) is 14.4. The zero-order valence-electron chi connectivity index (χ0n) is 10.3. The zero-order valence-corrected chi connectivity index (χ0v) is 11.2. The van der Waals surface area contributed by atoms with Crippen molar-refractivity contribution >= 4 is 16.0 Å². The van der Waals surface area contributed by atoms with E-state index in [2.05, 4.69) is 4.72 Å².